The SMILES string of the molecule is CCC(C)n1c2ccc(Cc3ccc(C)c(C)c3)cc2c2cc(Cc3ccc(C)cc3C)ccc21. The Morgan fingerprint density at radius 3 is 1.80 bits per heavy atom. The molecule has 35 heavy (non-hydrogen) atoms. The highest BCUT2D eigenvalue weighted by molar-refractivity contribution is 6.08. The third-order valence-corrected chi connectivity index (χ3v) is 7.84. The molecule has 0 amide bonds. The van der Waals surface area contributed by atoms with Crippen molar-refractivity contribution >= 4 is 21.8 Å². The number of rotatable bonds is 6. The van der Waals surface area contributed by atoms with E-state index in [9.17, 15) is 0 Å². The average Bonchev–Trinajstić information content (AvgIpc) is 3.16. The van der Waals surface area contributed by atoms with E-state index in [1.807, 2.05) is 0 Å². The van der Waals surface area contributed by atoms with Gasteiger partial charge in [-0.2, -0.15) is 0 Å². The van der Waals surface area contributed by atoms with Gasteiger partial charge in [-0.15, -0.1) is 0 Å². The van der Waals surface area contributed by atoms with E-state index in [2.05, 4.69) is 119 Å². The van der Waals surface area contributed by atoms with Crippen molar-refractivity contribution in [2.75, 3.05) is 0 Å². The van der Waals surface area contributed by atoms with Gasteiger partial charge < -0.3 is 4.57 Å². The molecule has 0 radical (unpaired) electrons. The van der Waals surface area contributed by atoms with E-state index >= 15 is 0 Å². The highest BCUT2D eigenvalue weighted by atomic mass is 15.0. The maximum absolute atomic E-state index is 2.55. The first-order chi connectivity index (χ1) is 16.8. The van der Waals surface area contributed by atoms with Gasteiger partial charge in [0, 0.05) is 27.8 Å². The molecule has 0 saturated carbocycles. The molecular formula is C34H37N. The van der Waals surface area contributed by atoms with Gasteiger partial charge in [0.25, 0.3) is 0 Å². The highest BCUT2D eigenvalue weighted by Gasteiger charge is 2.16. The van der Waals surface area contributed by atoms with Crippen molar-refractivity contribution in [3.8, 4) is 0 Å². The fraction of sp³-hybridized carbons (Fsp3) is 0.294. The zero-order chi connectivity index (χ0) is 24.7. The Labute approximate surface area is 210 Å². The van der Waals surface area contributed by atoms with Crippen molar-refractivity contribution < 1.29 is 0 Å². The molecular weight excluding hydrogens is 422 g/mol. The maximum Gasteiger partial charge on any atom is 0.0494 e. The Morgan fingerprint density at radius 1 is 0.600 bits per heavy atom. The zero-order valence-electron chi connectivity index (χ0n) is 22.1. The van der Waals surface area contributed by atoms with Crippen molar-refractivity contribution in [1.29, 1.82) is 0 Å². The molecule has 0 aliphatic heterocycles. The van der Waals surface area contributed by atoms with E-state index < -0.39 is 0 Å². The van der Waals surface area contributed by atoms with Gasteiger partial charge in [0.15, 0.2) is 0 Å². The van der Waals surface area contributed by atoms with Gasteiger partial charge in [-0.1, -0.05) is 61.0 Å². The van der Waals surface area contributed by atoms with Crippen LogP contribution in [0.3, 0.4) is 0 Å². The lowest BCUT2D eigenvalue weighted by molar-refractivity contribution is 0.563. The minimum Gasteiger partial charge on any atom is -0.338 e. The summed E-state index contributed by atoms with van der Waals surface area (Å²) in [4.78, 5) is 0. The minimum atomic E-state index is 0.464. The monoisotopic (exact) mass is 459 g/mol. The van der Waals surface area contributed by atoms with Crippen LogP contribution in [0.15, 0.2) is 72.8 Å². The number of nitrogens with zero attached hydrogens (tertiary/aromatic N) is 1. The summed E-state index contributed by atoms with van der Waals surface area (Å²) in [7, 11) is 0. The van der Waals surface area contributed by atoms with E-state index in [-0.39, 0.29) is 0 Å². The van der Waals surface area contributed by atoms with Crippen LogP contribution in [0.1, 0.15) is 70.8 Å². The molecule has 0 bridgehead atoms. The smallest absolute Gasteiger partial charge is 0.0494 e. The molecule has 0 spiro atoms. The fourth-order valence-corrected chi connectivity index (χ4v) is 5.44. The molecule has 5 aromatic rings. The Kier molecular flexibility index (Phi) is 6.28. The summed E-state index contributed by atoms with van der Waals surface area (Å²) in [5.74, 6) is 0. The standard InChI is InChI=1S/C34H37N/c1-7-26(6)35-33-14-11-28(18-27-10-9-23(3)24(4)17-27)20-31(33)32-21-29(12-15-34(32)35)19-30-13-8-22(2)16-25(30)5/h8-17,20-21,26H,7,18-19H2,1-6H3. The van der Waals surface area contributed by atoms with Gasteiger partial charge in [-0.05, 0) is 117 Å². The number of fused-ring (bicyclic) bond motifs is 3. The van der Waals surface area contributed by atoms with Crippen LogP contribution in [-0.2, 0) is 12.8 Å². The van der Waals surface area contributed by atoms with Crippen molar-refractivity contribution in [2.45, 2.75) is 66.8 Å². The molecule has 1 aromatic heterocycles. The van der Waals surface area contributed by atoms with E-state index in [1.165, 1.54) is 66.3 Å². The maximum atomic E-state index is 2.55. The lowest BCUT2D eigenvalue weighted by atomic mass is 9.97. The molecule has 1 nitrogen and oxygen atoms in total. The Bertz CT molecular complexity index is 1530. The summed E-state index contributed by atoms with van der Waals surface area (Å²) >= 11 is 0. The zero-order valence-corrected chi connectivity index (χ0v) is 22.1. The van der Waals surface area contributed by atoms with Gasteiger partial charge in [0.1, 0.15) is 0 Å². The highest BCUT2D eigenvalue weighted by Crippen LogP contribution is 2.35. The van der Waals surface area contributed by atoms with Gasteiger partial charge in [0.05, 0.1) is 0 Å². The molecule has 4 aromatic carbocycles. The third-order valence-electron chi connectivity index (χ3n) is 7.84. The second-order valence-electron chi connectivity index (χ2n) is 10.5. The molecule has 1 unspecified atom stereocenters. The molecule has 1 atom stereocenters. The van der Waals surface area contributed by atoms with E-state index in [0.717, 1.165) is 19.3 Å². The second kappa shape index (κ2) is 9.38. The lowest BCUT2D eigenvalue weighted by Gasteiger charge is -2.15. The number of aromatic nitrogens is 1. The normalized spacial score (nSPS) is 12.5. The molecule has 0 fully saturated rings. The number of aryl methyl sites for hydroxylation is 4. The van der Waals surface area contributed by atoms with Crippen molar-refractivity contribution in [3.63, 3.8) is 0 Å². The predicted molar refractivity (Wildman–Crippen MR) is 152 cm³/mol. The summed E-state index contributed by atoms with van der Waals surface area (Å²) in [5.41, 5.74) is 13.7. The van der Waals surface area contributed by atoms with Crippen molar-refractivity contribution in [2.24, 2.45) is 0 Å². The van der Waals surface area contributed by atoms with Gasteiger partial charge in [0.2, 0.25) is 0 Å². The van der Waals surface area contributed by atoms with Crippen LogP contribution in [-0.4, -0.2) is 4.57 Å². The average molecular weight is 460 g/mol. The van der Waals surface area contributed by atoms with Gasteiger partial charge in [-0.3, -0.25) is 0 Å². The van der Waals surface area contributed by atoms with Crippen LogP contribution in [0, 0.1) is 27.7 Å². The van der Waals surface area contributed by atoms with Crippen molar-refractivity contribution in [3.05, 3.63) is 117 Å². The largest absolute Gasteiger partial charge is 0.338 e. The summed E-state index contributed by atoms with van der Waals surface area (Å²) in [5, 5.41) is 2.76. The van der Waals surface area contributed by atoms with E-state index in [1.54, 1.807) is 0 Å². The van der Waals surface area contributed by atoms with Gasteiger partial charge >= 0.3 is 0 Å². The second-order valence-corrected chi connectivity index (χ2v) is 10.5. The van der Waals surface area contributed by atoms with Crippen LogP contribution >= 0.6 is 0 Å². The summed E-state index contributed by atoms with van der Waals surface area (Å²) < 4.78 is 2.55. The molecule has 0 aliphatic rings. The van der Waals surface area contributed by atoms with Crippen LogP contribution in [0.25, 0.3) is 21.8 Å². The number of hydrogen-bond donors (Lipinski definition) is 0. The predicted octanol–water partition coefficient (Wildman–Crippen LogP) is 9.18. The fourth-order valence-electron chi connectivity index (χ4n) is 5.44. The lowest BCUT2D eigenvalue weighted by Crippen LogP contribution is -2.03. The number of benzene rings is 4. The summed E-state index contributed by atoms with van der Waals surface area (Å²) in [6, 6.07) is 28.4. The summed E-state index contributed by atoms with van der Waals surface area (Å²) in [6.45, 7) is 13.4. The Hall–Kier alpha value is -3.32. The first kappa shape index (κ1) is 23.4. The molecule has 0 aliphatic carbocycles. The number of hydrogen-bond acceptors (Lipinski definition) is 0. The topological polar surface area (TPSA) is 4.93 Å². The van der Waals surface area contributed by atoms with Gasteiger partial charge in [-0.25, -0.2) is 0 Å². The van der Waals surface area contributed by atoms with Crippen LogP contribution < -0.4 is 0 Å². The van der Waals surface area contributed by atoms with Crippen LogP contribution in [0.5, 0.6) is 0 Å². The first-order valence-corrected chi connectivity index (χ1v) is 13.0. The minimum absolute atomic E-state index is 0.464. The van der Waals surface area contributed by atoms with Crippen LogP contribution in [0.4, 0.5) is 0 Å². The summed E-state index contributed by atoms with van der Waals surface area (Å²) in [6.07, 6.45) is 3.06. The van der Waals surface area contributed by atoms with E-state index in [0.29, 0.717) is 6.04 Å². The third kappa shape index (κ3) is 4.52. The molecule has 1 heteroatoms. The Morgan fingerprint density at radius 2 is 1.20 bits per heavy atom. The molecule has 0 N–H and O–H groups in total. The first-order valence-electron chi connectivity index (χ1n) is 13.0. The molecule has 5 rings (SSSR count). The van der Waals surface area contributed by atoms with Crippen molar-refractivity contribution in [1.82, 2.24) is 4.57 Å². The Balaban J connectivity index is 1.61. The van der Waals surface area contributed by atoms with E-state index in [4.69, 9.17) is 0 Å². The molecule has 178 valence electrons. The quantitative estimate of drug-likeness (QED) is 0.238. The molecule has 0 saturated heterocycles. The van der Waals surface area contributed by atoms with Crippen LogP contribution in [0.2, 0.25) is 0 Å². The molecule has 1 heterocycles.